The Kier molecular flexibility index (Phi) is 4.80. The van der Waals surface area contributed by atoms with Gasteiger partial charge in [0.15, 0.2) is 17.0 Å². The van der Waals surface area contributed by atoms with Crippen molar-refractivity contribution in [3.05, 3.63) is 52.8 Å². The highest BCUT2D eigenvalue weighted by atomic mass is 19.4. The Morgan fingerprint density at radius 1 is 1.10 bits per heavy atom. The van der Waals surface area contributed by atoms with Crippen molar-refractivity contribution in [2.75, 3.05) is 0 Å². The molecule has 0 unspecified atom stereocenters. The van der Waals surface area contributed by atoms with Gasteiger partial charge in [0, 0.05) is 17.7 Å². The lowest BCUT2D eigenvalue weighted by atomic mass is 10.0. The molecule has 4 rings (SSSR count). The summed E-state index contributed by atoms with van der Waals surface area (Å²) in [4.78, 5) is 16.8. The highest BCUT2D eigenvalue weighted by molar-refractivity contribution is 5.93. The number of nitrogens with one attached hydrogen (secondary N) is 1. The van der Waals surface area contributed by atoms with E-state index in [9.17, 15) is 18.0 Å². The summed E-state index contributed by atoms with van der Waals surface area (Å²) in [6, 6.07) is 7.73. The molecule has 152 valence electrons. The summed E-state index contributed by atoms with van der Waals surface area (Å²) in [5.41, 5.74) is 1.74. The Hall–Kier alpha value is -2.90. The number of carbonyl (C=O) groups excluding carboxylic acids is 1. The largest absolute Gasteiger partial charge is 0.433 e. The van der Waals surface area contributed by atoms with Crippen LogP contribution < -0.4 is 5.32 Å². The number of aromatic nitrogens is 3. The third-order valence-corrected chi connectivity index (χ3v) is 5.44. The predicted octanol–water partition coefficient (Wildman–Crippen LogP) is 4.70. The van der Waals surface area contributed by atoms with Gasteiger partial charge in [-0.1, -0.05) is 25.0 Å². The minimum absolute atomic E-state index is 0.00961. The predicted molar refractivity (Wildman–Crippen MR) is 103 cm³/mol. The van der Waals surface area contributed by atoms with E-state index in [1.807, 2.05) is 19.9 Å². The van der Waals surface area contributed by atoms with Crippen LogP contribution in [0.25, 0.3) is 16.9 Å². The van der Waals surface area contributed by atoms with Gasteiger partial charge in [-0.15, -0.1) is 0 Å². The van der Waals surface area contributed by atoms with Crippen LogP contribution in [0.1, 0.15) is 53.0 Å². The molecule has 1 saturated carbocycles. The van der Waals surface area contributed by atoms with Gasteiger partial charge < -0.3 is 5.32 Å². The second-order valence-corrected chi connectivity index (χ2v) is 7.58. The summed E-state index contributed by atoms with van der Waals surface area (Å²) < 4.78 is 41.8. The molecule has 0 radical (unpaired) electrons. The van der Waals surface area contributed by atoms with Crippen LogP contribution in [0, 0.1) is 13.8 Å². The monoisotopic (exact) mass is 402 g/mol. The van der Waals surface area contributed by atoms with Crippen LogP contribution in [0.4, 0.5) is 13.2 Å². The number of hydrogen-bond acceptors (Lipinski definition) is 3. The zero-order valence-electron chi connectivity index (χ0n) is 16.2. The lowest BCUT2D eigenvalue weighted by Gasteiger charge is -2.12. The van der Waals surface area contributed by atoms with E-state index in [-0.39, 0.29) is 23.1 Å². The first kappa shape index (κ1) is 19.4. The molecule has 1 aliphatic carbocycles. The number of alkyl halides is 3. The van der Waals surface area contributed by atoms with Gasteiger partial charge in [0.25, 0.3) is 5.91 Å². The molecule has 8 heteroatoms. The quantitative estimate of drug-likeness (QED) is 0.691. The fraction of sp³-hybridized carbons (Fsp3) is 0.381. The van der Waals surface area contributed by atoms with Gasteiger partial charge in [0.2, 0.25) is 0 Å². The van der Waals surface area contributed by atoms with Crippen LogP contribution in [0.15, 0.2) is 30.3 Å². The number of benzene rings is 1. The maximum Gasteiger partial charge on any atom is 0.433 e. The van der Waals surface area contributed by atoms with Crippen molar-refractivity contribution in [1.82, 2.24) is 19.9 Å². The molecule has 0 saturated heterocycles. The number of nitrogens with zero attached hydrogens (tertiary/aromatic N) is 3. The van der Waals surface area contributed by atoms with Gasteiger partial charge in [-0.25, -0.2) is 9.50 Å². The zero-order chi connectivity index (χ0) is 20.8. The Morgan fingerprint density at radius 2 is 1.83 bits per heavy atom. The lowest BCUT2D eigenvalue weighted by molar-refractivity contribution is -0.142. The van der Waals surface area contributed by atoms with Crippen LogP contribution in [0.2, 0.25) is 0 Å². The molecule has 2 aromatic heterocycles. The smallest absolute Gasteiger partial charge is 0.348 e. The van der Waals surface area contributed by atoms with Crippen LogP contribution in [-0.4, -0.2) is 26.5 Å². The standard InChI is InChI=1S/C21H21F3N4O/c1-12-7-8-14(9-13(12)2)16-10-18(21(22,23)24)28-19(26-16)11-17(27-28)20(29)25-15-5-3-4-6-15/h7-11,15H,3-6H2,1-2H3,(H,25,29). The lowest BCUT2D eigenvalue weighted by Crippen LogP contribution is -2.32. The first-order valence-corrected chi connectivity index (χ1v) is 9.59. The molecule has 1 fully saturated rings. The molecule has 0 bridgehead atoms. The second-order valence-electron chi connectivity index (χ2n) is 7.58. The number of aryl methyl sites for hydroxylation is 2. The molecular formula is C21H21F3N4O. The molecule has 3 aromatic rings. The summed E-state index contributed by atoms with van der Waals surface area (Å²) in [6.07, 6.45) is -0.810. The first-order chi connectivity index (χ1) is 13.7. The molecule has 1 N–H and O–H groups in total. The zero-order valence-corrected chi connectivity index (χ0v) is 16.2. The SMILES string of the molecule is Cc1ccc(-c2cc(C(F)(F)F)n3nc(C(=O)NC4CCCC4)cc3n2)cc1C. The Balaban J connectivity index is 1.79. The molecule has 0 aliphatic heterocycles. The van der Waals surface area contributed by atoms with Crippen molar-refractivity contribution in [3.63, 3.8) is 0 Å². The Labute approximate surface area is 166 Å². The average Bonchev–Trinajstić information content (AvgIpc) is 3.31. The maximum atomic E-state index is 13.7. The van der Waals surface area contributed by atoms with Crippen molar-refractivity contribution in [3.8, 4) is 11.3 Å². The third kappa shape index (κ3) is 3.83. The van der Waals surface area contributed by atoms with Gasteiger partial charge in [-0.05, 0) is 49.9 Å². The maximum absolute atomic E-state index is 13.7. The van der Waals surface area contributed by atoms with E-state index in [0.29, 0.717) is 10.1 Å². The number of carbonyl (C=O) groups is 1. The molecule has 1 aliphatic rings. The summed E-state index contributed by atoms with van der Waals surface area (Å²) in [5, 5.41) is 6.76. The van der Waals surface area contributed by atoms with Crippen molar-refractivity contribution in [2.45, 2.75) is 51.7 Å². The number of hydrogen-bond donors (Lipinski definition) is 1. The fourth-order valence-corrected chi connectivity index (χ4v) is 3.67. The summed E-state index contributed by atoms with van der Waals surface area (Å²) in [7, 11) is 0. The molecular weight excluding hydrogens is 381 g/mol. The highest BCUT2D eigenvalue weighted by Crippen LogP contribution is 2.32. The molecule has 2 heterocycles. The van der Waals surface area contributed by atoms with Gasteiger partial charge in [-0.3, -0.25) is 4.79 Å². The third-order valence-electron chi connectivity index (χ3n) is 5.44. The minimum atomic E-state index is -4.64. The average molecular weight is 402 g/mol. The van der Waals surface area contributed by atoms with E-state index in [0.717, 1.165) is 42.9 Å². The van der Waals surface area contributed by atoms with Crippen LogP contribution >= 0.6 is 0 Å². The van der Waals surface area contributed by atoms with Gasteiger partial charge in [0.05, 0.1) is 5.69 Å². The molecule has 29 heavy (non-hydrogen) atoms. The molecule has 1 aromatic carbocycles. The topological polar surface area (TPSA) is 59.3 Å². The van der Waals surface area contributed by atoms with E-state index in [1.165, 1.54) is 6.07 Å². The number of rotatable bonds is 3. The number of amides is 1. The first-order valence-electron chi connectivity index (χ1n) is 9.59. The van der Waals surface area contributed by atoms with Gasteiger partial charge in [-0.2, -0.15) is 18.3 Å². The summed E-state index contributed by atoms with van der Waals surface area (Å²) in [5.74, 6) is -0.469. The van der Waals surface area contributed by atoms with E-state index in [4.69, 9.17) is 0 Å². The molecule has 5 nitrogen and oxygen atoms in total. The normalized spacial score (nSPS) is 15.2. The van der Waals surface area contributed by atoms with Crippen molar-refractivity contribution >= 4 is 11.6 Å². The van der Waals surface area contributed by atoms with E-state index in [1.54, 1.807) is 12.1 Å². The van der Waals surface area contributed by atoms with E-state index in [2.05, 4.69) is 15.4 Å². The van der Waals surface area contributed by atoms with Gasteiger partial charge >= 0.3 is 6.18 Å². The number of fused-ring (bicyclic) bond motifs is 1. The van der Waals surface area contributed by atoms with Crippen molar-refractivity contribution in [1.29, 1.82) is 0 Å². The van der Waals surface area contributed by atoms with Crippen LogP contribution in [-0.2, 0) is 6.18 Å². The van der Waals surface area contributed by atoms with E-state index < -0.39 is 17.8 Å². The number of halogens is 3. The second kappa shape index (κ2) is 7.17. The van der Waals surface area contributed by atoms with Gasteiger partial charge in [0.1, 0.15) is 0 Å². The van der Waals surface area contributed by atoms with Crippen molar-refractivity contribution < 1.29 is 18.0 Å². The molecule has 0 atom stereocenters. The van der Waals surface area contributed by atoms with E-state index >= 15 is 0 Å². The molecule has 1 amide bonds. The summed E-state index contributed by atoms with van der Waals surface area (Å²) in [6.45, 7) is 3.83. The Bertz CT molecular complexity index is 1080. The van der Waals surface area contributed by atoms with Crippen molar-refractivity contribution in [2.24, 2.45) is 0 Å². The summed E-state index contributed by atoms with van der Waals surface area (Å²) >= 11 is 0. The Morgan fingerprint density at radius 3 is 2.48 bits per heavy atom. The van der Waals surface area contributed by atoms with Crippen LogP contribution in [0.5, 0.6) is 0 Å². The van der Waals surface area contributed by atoms with Crippen LogP contribution in [0.3, 0.4) is 0 Å². The molecule has 0 spiro atoms. The fourth-order valence-electron chi connectivity index (χ4n) is 3.67. The minimum Gasteiger partial charge on any atom is -0.348 e. The highest BCUT2D eigenvalue weighted by Gasteiger charge is 2.36.